The summed E-state index contributed by atoms with van der Waals surface area (Å²) < 4.78 is 5.29. The van der Waals surface area contributed by atoms with Gasteiger partial charge in [0, 0.05) is 18.4 Å². The maximum atomic E-state index is 12.1. The van der Waals surface area contributed by atoms with E-state index in [0.717, 1.165) is 24.5 Å². The number of hydrogen-bond donors (Lipinski definition) is 1. The van der Waals surface area contributed by atoms with Crippen molar-refractivity contribution in [3.05, 3.63) is 17.7 Å². The van der Waals surface area contributed by atoms with Crippen molar-refractivity contribution < 1.29 is 9.53 Å². The van der Waals surface area contributed by atoms with Gasteiger partial charge in [0.2, 0.25) is 0 Å². The Hall–Kier alpha value is -1.52. The fourth-order valence-electron chi connectivity index (χ4n) is 2.38. The van der Waals surface area contributed by atoms with Crippen LogP contribution in [-0.2, 0) is 4.74 Å². The number of carbonyl (C=O) groups is 1. The summed E-state index contributed by atoms with van der Waals surface area (Å²) in [4.78, 5) is 21.4. The highest BCUT2D eigenvalue weighted by atomic mass is 16.6. The molecule has 1 saturated heterocycles. The maximum absolute atomic E-state index is 12.1. The maximum Gasteiger partial charge on any atom is 0.410 e. The van der Waals surface area contributed by atoms with Crippen LogP contribution in [0.3, 0.4) is 0 Å². The molecule has 0 saturated carbocycles. The van der Waals surface area contributed by atoms with Crippen LogP contribution in [0.1, 0.15) is 44.8 Å². The smallest absolute Gasteiger partial charge is 0.410 e. The van der Waals surface area contributed by atoms with E-state index in [1.807, 2.05) is 20.8 Å². The first-order chi connectivity index (χ1) is 8.47. The summed E-state index contributed by atoms with van der Waals surface area (Å²) in [5, 5.41) is 0. The van der Waals surface area contributed by atoms with Crippen molar-refractivity contribution in [1.82, 2.24) is 14.9 Å². The highest BCUT2D eigenvalue weighted by Crippen LogP contribution is 2.34. The average Bonchev–Trinajstić information content (AvgIpc) is 2.83. The first-order valence-electron chi connectivity index (χ1n) is 6.46. The molecule has 0 spiro atoms. The summed E-state index contributed by atoms with van der Waals surface area (Å²) >= 11 is 0. The zero-order valence-corrected chi connectivity index (χ0v) is 11.4. The summed E-state index contributed by atoms with van der Waals surface area (Å²) in [7, 11) is 0. The Morgan fingerprint density at radius 3 is 2.89 bits per heavy atom. The molecule has 18 heavy (non-hydrogen) atoms. The molecule has 1 fully saturated rings. The minimum Gasteiger partial charge on any atom is -0.447 e. The van der Waals surface area contributed by atoms with E-state index in [4.69, 9.17) is 4.74 Å². The zero-order chi connectivity index (χ0) is 13.3. The second kappa shape index (κ2) is 5.00. The molecule has 5 nitrogen and oxygen atoms in total. The third kappa shape index (κ3) is 2.66. The lowest BCUT2D eigenvalue weighted by molar-refractivity contribution is 0.0716. The lowest BCUT2D eigenvalue weighted by Gasteiger charge is -2.23. The normalized spacial score (nSPS) is 23.7. The van der Waals surface area contributed by atoms with Crippen molar-refractivity contribution in [2.24, 2.45) is 5.92 Å². The van der Waals surface area contributed by atoms with Gasteiger partial charge in [-0.25, -0.2) is 9.78 Å². The molecule has 2 atom stereocenters. The number of hydrogen-bond acceptors (Lipinski definition) is 3. The molecule has 0 bridgehead atoms. The van der Waals surface area contributed by atoms with E-state index in [1.54, 1.807) is 11.1 Å². The Morgan fingerprint density at radius 1 is 1.61 bits per heavy atom. The van der Waals surface area contributed by atoms with Gasteiger partial charge in [-0.05, 0) is 33.1 Å². The molecule has 1 amide bonds. The van der Waals surface area contributed by atoms with Gasteiger partial charge in [0.25, 0.3) is 0 Å². The summed E-state index contributed by atoms with van der Waals surface area (Å²) in [5.41, 5.74) is 1.02. The molecule has 0 radical (unpaired) electrons. The molecule has 0 aliphatic carbocycles. The zero-order valence-electron chi connectivity index (χ0n) is 11.4. The molecular formula is C13H21N3O2. The standard InChI is InChI=1S/C13H21N3O2/c1-8(2)18-13(17)16-7-9(3)5-11(16)12-14-6-10(4)15-12/h6,8-9,11H,5,7H2,1-4H3,(H,14,15). The molecule has 0 aromatic carbocycles. The lowest BCUT2D eigenvalue weighted by Crippen LogP contribution is -2.33. The van der Waals surface area contributed by atoms with Crippen LogP contribution in [0.2, 0.25) is 0 Å². The van der Waals surface area contributed by atoms with E-state index < -0.39 is 0 Å². The van der Waals surface area contributed by atoms with E-state index in [-0.39, 0.29) is 18.2 Å². The summed E-state index contributed by atoms with van der Waals surface area (Å²) in [6, 6.07) is 0.0138. The van der Waals surface area contributed by atoms with Crippen molar-refractivity contribution in [3.63, 3.8) is 0 Å². The molecule has 1 aliphatic heterocycles. The summed E-state index contributed by atoms with van der Waals surface area (Å²) in [5.74, 6) is 1.33. The molecule has 5 heteroatoms. The molecule has 100 valence electrons. The number of rotatable bonds is 2. The van der Waals surface area contributed by atoms with E-state index in [2.05, 4.69) is 16.9 Å². The Kier molecular flexibility index (Phi) is 3.59. The number of aromatic amines is 1. The third-order valence-electron chi connectivity index (χ3n) is 3.12. The lowest BCUT2D eigenvalue weighted by atomic mass is 10.1. The molecule has 2 unspecified atom stereocenters. The molecular weight excluding hydrogens is 230 g/mol. The van der Waals surface area contributed by atoms with Crippen molar-refractivity contribution in [1.29, 1.82) is 0 Å². The molecule has 2 rings (SSSR count). The molecule has 1 N–H and O–H groups in total. The van der Waals surface area contributed by atoms with Crippen LogP contribution in [0.5, 0.6) is 0 Å². The van der Waals surface area contributed by atoms with Gasteiger partial charge in [-0.1, -0.05) is 6.92 Å². The van der Waals surface area contributed by atoms with E-state index in [0.29, 0.717) is 5.92 Å². The number of aryl methyl sites for hydroxylation is 1. The highest BCUT2D eigenvalue weighted by Gasteiger charge is 2.36. The predicted octanol–water partition coefficient (Wildman–Crippen LogP) is 2.65. The van der Waals surface area contributed by atoms with E-state index >= 15 is 0 Å². The second-order valence-corrected chi connectivity index (χ2v) is 5.39. The van der Waals surface area contributed by atoms with Crippen LogP contribution in [0, 0.1) is 12.8 Å². The largest absolute Gasteiger partial charge is 0.447 e. The Morgan fingerprint density at radius 2 is 2.33 bits per heavy atom. The van der Waals surface area contributed by atoms with Gasteiger partial charge in [-0.3, -0.25) is 4.90 Å². The van der Waals surface area contributed by atoms with Gasteiger partial charge in [0.15, 0.2) is 0 Å². The van der Waals surface area contributed by atoms with Gasteiger partial charge in [0.05, 0.1) is 12.1 Å². The van der Waals surface area contributed by atoms with Gasteiger partial charge in [-0.2, -0.15) is 0 Å². The van der Waals surface area contributed by atoms with Crippen LogP contribution in [0.4, 0.5) is 4.79 Å². The average molecular weight is 251 g/mol. The Balaban J connectivity index is 2.15. The fourth-order valence-corrected chi connectivity index (χ4v) is 2.38. The predicted molar refractivity (Wildman–Crippen MR) is 68.2 cm³/mol. The van der Waals surface area contributed by atoms with Gasteiger partial charge in [0.1, 0.15) is 5.82 Å². The van der Waals surface area contributed by atoms with Gasteiger partial charge in [-0.15, -0.1) is 0 Å². The van der Waals surface area contributed by atoms with Crippen LogP contribution in [0.25, 0.3) is 0 Å². The first-order valence-corrected chi connectivity index (χ1v) is 6.46. The Bertz CT molecular complexity index is 428. The van der Waals surface area contributed by atoms with Crippen molar-refractivity contribution in [2.75, 3.05) is 6.54 Å². The minimum absolute atomic E-state index is 0.0138. The molecule has 1 aromatic heterocycles. The number of likely N-dealkylation sites (tertiary alicyclic amines) is 1. The van der Waals surface area contributed by atoms with Gasteiger partial charge >= 0.3 is 6.09 Å². The fraction of sp³-hybridized carbons (Fsp3) is 0.692. The summed E-state index contributed by atoms with van der Waals surface area (Å²) in [6.07, 6.45) is 2.39. The number of imidazole rings is 1. The summed E-state index contributed by atoms with van der Waals surface area (Å²) in [6.45, 7) is 8.57. The number of nitrogens with zero attached hydrogens (tertiary/aromatic N) is 2. The van der Waals surface area contributed by atoms with E-state index in [9.17, 15) is 4.79 Å². The highest BCUT2D eigenvalue weighted by molar-refractivity contribution is 5.68. The van der Waals surface area contributed by atoms with Crippen molar-refractivity contribution in [2.45, 2.75) is 46.3 Å². The number of ether oxygens (including phenoxy) is 1. The van der Waals surface area contributed by atoms with Crippen LogP contribution < -0.4 is 0 Å². The number of H-pyrrole nitrogens is 1. The first kappa shape index (κ1) is 12.9. The number of carbonyl (C=O) groups excluding carboxylic acids is 1. The Labute approximate surface area is 108 Å². The number of nitrogens with one attached hydrogen (secondary N) is 1. The third-order valence-corrected chi connectivity index (χ3v) is 3.12. The van der Waals surface area contributed by atoms with Crippen molar-refractivity contribution >= 4 is 6.09 Å². The van der Waals surface area contributed by atoms with Crippen LogP contribution in [-0.4, -0.2) is 33.6 Å². The number of aromatic nitrogens is 2. The topological polar surface area (TPSA) is 58.2 Å². The van der Waals surface area contributed by atoms with Crippen molar-refractivity contribution in [3.8, 4) is 0 Å². The quantitative estimate of drug-likeness (QED) is 0.879. The molecule has 1 aliphatic rings. The van der Waals surface area contributed by atoms with Crippen LogP contribution in [0.15, 0.2) is 6.20 Å². The van der Waals surface area contributed by atoms with E-state index in [1.165, 1.54) is 0 Å². The van der Waals surface area contributed by atoms with Gasteiger partial charge < -0.3 is 9.72 Å². The molecule has 1 aromatic rings. The monoisotopic (exact) mass is 251 g/mol. The number of amides is 1. The SMILES string of the molecule is Cc1cnc(C2CC(C)CN2C(=O)OC(C)C)[nH]1. The van der Waals surface area contributed by atoms with Crippen LogP contribution >= 0.6 is 0 Å². The molecule has 2 heterocycles. The second-order valence-electron chi connectivity index (χ2n) is 5.39. The minimum atomic E-state index is -0.242.